The van der Waals surface area contributed by atoms with Crippen LogP contribution in [0.4, 0.5) is 0 Å². The predicted molar refractivity (Wildman–Crippen MR) is 114 cm³/mol. The van der Waals surface area contributed by atoms with Crippen molar-refractivity contribution in [3.63, 3.8) is 0 Å². The molecule has 0 aliphatic heterocycles. The van der Waals surface area contributed by atoms with Crippen molar-refractivity contribution >= 4 is 22.6 Å². The molecule has 5 aliphatic rings. The van der Waals surface area contributed by atoms with E-state index in [4.69, 9.17) is 0 Å². The van der Waals surface area contributed by atoms with Crippen molar-refractivity contribution in [1.29, 1.82) is 0 Å². The second-order valence-electron chi connectivity index (χ2n) is 9.69. The molecule has 0 spiro atoms. The fourth-order valence-corrected chi connectivity index (χ4v) is 7.93. The molecule has 25 heavy (non-hydrogen) atoms. The molecule has 136 valence electrons. The minimum Gasteiger partial charge on any atom is -0.0882 e. The van der Waals surface area contributed by atoms with Crippen LogP contribution < -0.4 is 0 Å². The van der Waals surface area contributed by atoms with E-state index < -0.39 is 0 Å². The summed E-state index contributed by atoms with van der Waals surface area (Å²) in [7, 11) is 0. The molecule has 2 saturated carbocycles. The highest BCUT2D eigenvalue weighted by atomic mass is 127. The summed E-state index contributed by atoms with van der Waals surface area (Å²) < 4.78 is 1.60. The monoisotopic (exact) mass is 448 g/mol. The van der Waals surface area contributed by atoms with Gasteiger partial charge in [-0.05, 0) is 138 Å². The lowest BCUT2D eigenvalue weighted by Crippen LogP contribution is -2.40. The Morgan fingerprint density at radius 2 is 1.64 bits per heavy atom. The van der Waals surface area contributed by atoms with Crippen LogP contribution in [-0.4, -0.2) is 0 Å². The van der Waals surface area contributed by atoms with Crippen molar-refractivity contribution in [2.45, 2.75) is 64.2 Å². The largest absolute Gasteiger partial charge is 0.0882 e. The first kappa shape index (κ1) is 17.1. The topological polar surface area (TPSA) is 0 Å². The Kier molecular flexibility index (Phi) is 4.90. The third-order valence-electron chi connectivity index (χ3n) is 8.52. The van der Waals surface area contributed by atoms with Gasteiger partial charge in [-0.15, -0.1) is 0 Å². The average molecular weight is 448 g/mol. The third-order valence-corrected chi connectivity index (χ3v) is 9.42. The van der Waals surface area contributed by atoms with E-state index >= 15 is 0 Å². The zero-order chi connectivity index (χ0) is 16.8. The van der Waals surface area contributed by atoms with Gasteiger partial charge in [-0.3, -0.25) is 0 Å². The fourth-order valence-electron chi connectivity index (χ4n) is 7.20. The van der Waals surface area contributed by atoms with Crippen LogP contribution in [0, 0.1) is 47.3 Å². The highest BCUT2D eigenvalue weighted by molar-refractivity contribution is 14.1. The van der Waals surface area contributed by atoms with E-state index in [2.05, 4.69) is 53.0 Å². The van der Waals surface area contributed by atoms with Crippen molar-refractivity contribution < 1.29 is 0 Å². The second kappa shape index (κ2) is 7.17. The quantitative estimate of drug-likeness (QED) is 0.291. The van der Waals surface area contributed by atoms with Crippen LogP contribution in [0.5, 0.6) is 0 Å². The molecule has 8 unspecified atom stereocenters. The SMILES string of the molecule is IC1=CC2C=CC(C3CCC4C(CCC5CCC=CC54)C3)CC2CC1. The molecule has 0 aromatic rings. The van der Waals surface area contributed by atoms with Gasteiger partial charge in [0.2, 0.25) is 0 Å². The molecule has 0 heterocycles. The zero-order valence-corrected chi connectivity index (χ0v) is 17.6. The molecule has 0 radical (unpaired) electrons. The predicted octanol–water partition coefficient (Wildman–Crippen LogP) is 7.32. The molecule has 5 rings (SSSR count). The smallest absolute Gasteiger partial charge is 0.00145 e. The summed E-state index contributed by atoms with van der Waals surface area (Å²) in [5, 5.41) is 0. The zero-order valence-electron chi connectivity index (χ0n) is 15.5. The molecule has 0 aromatic carbocycles. The van der Waals surface area contributed by atoms with E-state index in [1.807, 2.05) is 0 Å². The van der Waals surface area contributed by atoms with Gasteiger partial charge in [0.25, 0.3) is 0 Å². The van der Waals surface area contributed by atoms with Gasteiger partial charge in [0.15, 0.2) is 0 Å². The fraction of sp³-hybridized carbons (Fsp3) is 0.750. The molecule has 0 nitrogen and oxygen atoms in total. The van der Waals surface area contributed by atoms with Crippen molar-refractivity contribution in [2.24, 2.45) is 47.3 Å². The van der Waals surface area contributed by atoms with Crippen LogP contribution in [0.25, 0.3) is 0 Å². The third kappa shape index (κ3) is 3.32. The van der Waals surface area contributed by atoms with E-state index in [1.54, 1.807) is 16.4 Å². The van der Waals surface area contributed by atoms with Crippen LogP contribution >= 0.6 is 22.6 Å². The van der Waals surface area contributed by atoms with E-state index in [-0.39, 0.29) is 0 Å². The van der Waals surface area contributed by atoms with E-state index in [0.717, 1.165) is 47.3 Å². The summed E-state index contributed by atoms with van der Waals surface area (Å²) in [6.45, 7) is 0. The molecular formula is C24H33I. The maximum Gasteiger partial charge on any atom is -0.00145 e. The van der Waals surface area contributed by atoms with Crippen LogP contribution in [0.15, 0.2) is 34.0 Å². The summed E-state index contributed by atoms with van der Waals surface area (Å²) in [6.07, 6.45) is 27.6. The van der Waals surface area contributed by atoms with Gasteiger partial charge in [0.05, 0.1) is 0 Å². The Morgan fingerprint density at radius 3 is 2.60 bits per heavy atom. The standard InChI is InChI=1S/C24H33I/c25-22-11-9-18-13-17(6-7-20(18)15-22)19-10-12-24-21(14-19)8-5-16-3-1-2-4-23(16)24/h2,4,6-7,15-21,23-24H,1,3,5,8-14H2. The molecule has 0 aromatic heterocycles. The van der Waals surface area contributed by atoms with Crippen LogP contribution in [-0.2, 0) is 0 Å². The van der Waals surface area contributed by atoms with E-state index in [1.165, 1.54) is 51.4 Å². The molecule has 2 fully saturated rings. The van der Waals surface area contributed by atoms with Gasteiger partial charge in [-0.2, -0.15) is 0 Å². The molecule has 1 heteroatoms. The van der Waals surface area contributed by atoms with Gasteiger partial charge in [0.1, 0.15) is 0 Å². The highest BCUT2D eigenvalue weighted by Crippen LogP contribution is 2.53. The Morgan fingerprint density at radius 1 is 0.760 bits per heavy atom. The average Bonchev–Trinajstić information content (AvgIpc) is 2.67. The normalized spacial score (nSPS) is 48.9. The Labute approximate surface area is 167 Å². The van der Waals surface area contributed by atoms with E-state index in [9.17, 15) is 0 Å². The number of fused-ring (bicyclic) bond motifs is 4. The lowest BCUT2D eigenvalue weighted by Gasteiger charge is -2.49. The minimum absolute atomic E-state index is 0.760. The van der Waals surface area contributed by atoms with E-state index in [0.29, 0.717) is 0 Å². The minimum atomic E-state index is 0.760. The maximum absolute atomic E-state index is 2.64. The first-order chi connectivity index (χ1) is 12.3. The lowest BCUT2D eigenvalue weighted by molar-refractivity contribution is 0.0373. The van der Waals surface area contributed by atoms with Crippen molar-refractivity contribution in [2.75, 3.05) is 0 Å². The Balaban J connectivity index is 1.26. The number of rotatable bonds is 1. The second-order valence-corrected chi connectivity index (χ2v) is 11.1. The van der Waals surface area contributed by atoms with Gasteiger partial charge in [-0.25, -0.2) is 0 Å². The number of hydrogen-bond acceptors (Lipinski definition) is 0. The lowest BCUT2D eigenvalue weighted by atomic mass is 9.56. The highest BCUT2D eigenvalue weighted by Gasteiger charge is 2.43. The summed E-state index contributed by atoms with van der Waals surface area (Å²) in [5.41, 5.74) is 0. The van der Waals surface area contributed by atoms with Gasteiger partial charge in [0, 0.05) is 0 Å². The molecular weight excluding hydrogens is 415 g/mol. The van der Waals surface area contributed by atoms with Gasteiger partial charge >= 0.3 is 0 Å². The Bertz CT molecular complexity index is 585. The van der Waals surface area contributed by atoms with Gasteiger partial charge in [-0.1, -0.05) is 30.4 Å². The molecule has 0 saturated heterocycles. The Hall–Kier alpha value is -0.0500. The van der Waals surface area contributed by atoms with Crippen molar-refractivity contribution in [1.82, 2.24) is 0 Å². The molecule has 0 N–H and O–H groups in total. The number of allylic oxidation sites excluding steroid dienone is 6. The summed E-state index contributed by atoms with van der Waals surface area (Å²) >= 11 is 2.55. The summed E-state index contributed by atoms with van der Waals surface area (Å²) in [4.78, 5) is 0. The molecule has 0 bridgehead atoms. The summed E-state index contributed by atoms with van der Waals surface area (Å²) in [6, 6.07) is 0. The summed E-state index contributed by atoms with van der Waals surface area (Å²) in [5.74, 6) is 7.66. The van der Waals surface area contributed by atoms with Crippen molar-refractivity contribution in [3.8, 4) is 0 Å². The van der Waals surface area contributed by atoms with Crippen LogP contribution in [0.3, 0.4) is 0 Å². The number of hydrogen-bond donors (Lipinski definition) is 0. The maximum atomic E-state index is 2.64. The first-order valence-electron chi connectivity index (χ1n) is 11.0. The van der Waals surface area contributed by atoms with Crippen LogP contribution in [0.2, 0.25) is 0 Å². The molecule has 5 aliphatic carbocycles. The van der Waals surface area contributed by atoms with Gasteiger partial charge < -0.3 is 0 Å². The molecule has 0 amide bonds. The molecule has 8 atom stereocenters. The number of halogens is 1. The first-order valence-corrected chi connectivity index (χ1v) is 12.1. The van der Waals surface area contributed by atoms with Crippen molar-refractivity contribution in [3.05, 3.63) is 34.0 Å². The van der Waals surface area contributed by atoms with Crippen LogP contribution in [0.1, 0.15) is 64.2 Å².